The Balaban J connectivity index is 1.42. The second-order valence-electron chi connectivity index (χ2n) is 8.00. The smallest absolute Gasteiger partial charge is 0.256 e. The molecule has 1 saturated heterocycles. The van der Waals surface area contributed by atoms with Crippen LogP contribution < -0.4 is 10.2 Å². The summed E-state index contributed by atoms with van der Waals surface area (Å²) in [5.74, 6) is 2.23. The summed E-state index contributed by atoms with van der Waals surface area (Å²) in [6, 6.07) is 3.51. The molecular formula is C20H27N7O2. The van der Waals surface area contributed by atoms with Gasteiger partial charge in [-0.2, -0.15) is 5.10 Å². The van der Waals surface area contributed by atoms with E-state index in [1.165, 1.54) is 0 Å². The third kappa shape index (κ3) is 3.34. The standard InChI is InChI=1S/C20H27N7O2/c1-13(27-15(3)22-14(2)24-27)12-17(28)26-10-7-20(8-11-26)23-19(29)16-6-5-9-21-18(16)25(20)4/h5-6,9,13H,7-8,10-12H2,1-4H3,(H,23,29)/t13-/m0/s1. The Kier molecular flexibility index (Phi) is 4.76. The molecule has 1 fully saturated rings. The minimum absolute atomic E-state index is 0.0484. The number of piperidine rings is 1. The third-order valence-corrected chi connectivity index (χ3v) is 6.08. The van der Waals surface area contributed by atoms with E-state index in [0.717, 1.165) is 5.82 Å². The fourth-order valence-corrected chi connectivity index (χ4v) is 4.41. The van der Waals surface area contributed by atoms with Crippen molar-refractivity contribution in [3.05, 3.63) is 35.5 Å². The van der Waals surface area contributed by atoms with Crippen molar-refractivity contribution >= 4 is 17.6 Å². The molecule has 0 unspecified atom stereocenters. The zero-order valence-electron chi connectivity index (χ0n) is 17.3. The maximum atomic E-state index is 12.9. The number of hydrogen-bond acceptors (Lipinski definition) is 6. The van der Waals surface area contributed by atoms with Crippen LogP contribution in [0.1, 0.15) is 54.2 Å². The highest BCUT2D eigenvalue weighted by Crippen LogP contribution is 2.35. The molecule has 0 saturated carbocycles. The number of aryl methyl sites for hydroxylation is 2. The van der Waals surface area contributed by atoms with Crippen LogP contribution in [0.3, 0.4) is 0 Å². The molecule has 4 rings (SSSR count). The second-order valence-corrected chi connectivity index (χ2v) is 8.00. The zero-order chi connectivity index (χ0) is 20.8. The minimum atomic E-state index is -0.500. The summed E-state index contributed by atoms with van der Waals surface area (Å²) in [6.07, 6.45) is 3.40. The highest BCUT2D eigenvalue weighted by Gasteiger charge is 2.45. The minimum Gasteiger partial charge on any atom is -0.342 e. The van der Waals surface area contributed by atoms with Crippen LogP contribution in [0.15, 0.2) is 18.3 Å². The molecular weight excluding hydrogens is 370 g/mol. The molecule has 0 aromatic carbocycles. The Morgan fingerprint density at radius 2 is 2.03 bits per heavy atom. The van der Waals surface area contributed by atoms with Gasteiger partial charge in [0.25, 0.3) is 5.91 Å². The second kappa shape index (κ2) is 7.13. The number of nitrogens with zero attached hydrogens (tertiary/aromatic N) is 6. The van der Waals surface area contributed by atoms with E-state index < -0.39 is 5.66 Å². The molecule has 0 aliphatic carbocycles. The predicted molar refractivity (Wildman–Crippen MR) is 107 cm³/mol. The van der Waals surface area contributed by atoms with Gasteiger partial charge in [0.15, 0.2) is 0 Å². The Bertz CT molecular complexity index is 946. The van der Waals surface area contributed by atoms with Crippen molar-refractivity contribution < 1.29 is 9.59 Å². The Hall–Kier alpha value is -2.97. The number of amides is 2. The summed E-state index contributed by atoms with van der Waals surface area (Å²) in [5.41, 5.74) is 0.0897. The number of carbonyl (C=O) groups is 2. The van der Waals surface area contributed by atoms with Gasteiger partial charge >= 0.3 is 0 Å². The number of likely N-dealkylation sites (tertiary alicyclic amines) is 1. The first-order valence-corrected chi connectivity index (χ1v) is 9.99. The van der Waals surface area contributed by atoms with Gasteiger partial charge in [0.05, 0.1) is 11.6 Å². The average Bonchev–Trinajstić information content (AvgIpc) is 3.05. The van der Waals surface area contributed by atoms with Gasteiger partial charge in [-0.3, -0.25) is 9.59 Å². The van der Waals surface area contributed by atoms with Gasteiger partial charge in [-0.25, -0.2) is 14.6 Å². The van der Waals surface area contributed by atoms with E-state index in [4.69, 9.17) is 0 Å². The lowest BCUT2D eigenvalue weighted by Gasteiger charge is -2.50. The number of nitrogens with one attached hydrogen (secondary N) is 1. The number of carbonyl (C=O) groups excluding carboxylic acids is 2. The molecule has 2 aromatic rings. The van der Waals surface area contributed by atoms with Crippen LogP contribution in [0.4, 0.5) is 5.82 Å². The van der Waals surface area contributed by atoms with Crippen molar-refractivity contribution in [2.75, 3.05) is 25.0 Å². The largest absolute Gasteiger partial charge is 0.342 e. The van der Waals surface area contributed by atoms with Crippen molar-refractivity contribution in [2.45, 2.75) is 51.7 Å². The molecule has 29 heavy (non-hydrogen) atoms. The molecule has 2 aliphatic heterocycles. The molecule has 1 N–H and O–H groups in total. The van der Waals surface area contributed by atoms with Crippen LogP contribution in [0.2, 0.25) is 0 Å². The van der Waals surface area contributed by atoms with Crippen LogP contribution in [-0.4, -0.2) is 62.3 Å². The molecule has 2 aromatic heterocycles. The molecule has 1 atom stereocenters. The molecule has 1 spiro atoms. The fourth-order valence-electron chi connectivity index (χ4n) is 4.41. The van der Waals surface area contributed by atoms with E-state index in [0.29, 0.717) is 49.6 Å². The van der Waals surface area contributed by atoms with E-state index in [2.05, 4.69) is 25.3 Å². The van der Waals surface area contributed by atoms with Gasteiger partial charge in [-0.05, 0) is 32.9 Å². The summed E-state index contributed by atoms with van der Waals surface area (Å²) in [6.45, 7) is 6.92. The monoisotopic (exact) mass is 397 g/mol. The van der Waals surface area contributed by atoms with Crippen LogP contribution in [0.25, 0.3) is 0 Å². The lowest BCUT2D eigenvalue weighted by molar-refractivity contribution is -0.133. The normalized spacial score (nSPS) is 19.1. The molecule has 2 aliphatic rings. The van der Waals surface area contributed by atoms with Crippen molar-refractivity contribution in [3.63, 3.8) is 0 Å². The summed E-state index contributed by atoms with van der Waals surface area (Å²) >= 11 is 0. The Morgan fingerprint density at radius 3 is 2.69 bits per heavy atom. The lowest BCUT2D eigenvalue weighted by atomic mass is 9.91. The molecule has 0 bridgehead atoms. The number of pyridine rings is 1. The Labute approximate surface area is 170 Å². The van der Waals surface area contributed by atoms with Gasteiger partial charge < -0.3 is 15.1 Å². The third-order valence-electron chi connectivity index (χ3n) is 6.08. The number of aromatic nitrogens is 4. The van der Waals surface area contributed by atoms with E-state index in [-0.39, 0.29) is 17.9 Å². The summed E-state index contributed by atoms with van der Waals surface area (Å²) < 4.78 is 1.82. The first-order valence-electron chi connectivity index (χ1n) is 9.99. The SMILES string of the molecule is Cc1nc(C)n([C@@H](C)CC(=O)N2CCC3(CC2)NC(=O)c2cccnc2N3C)n1. The maximum absolute atomic E-state index is 12.9. The van der Waals surface area contributed by atoms with Gasteiger partial charge in [-0.15, -0.1) is 0 Å². The van der Waals surface area contributed by atoms with E-state index in [9.17, 15) is 9.59 Å². The van der Waals surface area contributed by atoms with Gasteiger partial charge in [-0.1, -0.05) is 0 Å². The van der Waals surface area contributed by atoms with E-state index in [1.807, 2.05) is 37.4 Å². The summed E-state index contributed by atoms with van der Waals surface area (Å²) in [5, 5.41) is 7.55. The average molecular weight is 397 g/mol. The number of anilines is 1. The van der Waals surface area contributed by atoms with Crippen LogP contribution in [0, 0.1) is 13.8 Å². The van der Waals surface area contributed by atoms with Crippen LogP contribution in [0.5, 0.6) is 0 Å². The molecule has 4 heterocycles. The molecule has 154 valence electrons. The first kappa shape index (κ1) is 19.4. The molecule has 9 nitrogen and oxygen atoms in total. The predicted octanol–water partition coefficient (Wildman–Crippen LogP) is 1.44. The lowest BCUT2D eigenvalue weighted by Crippen LogP contribution is -2.67. The van der Waals surface area contributed by atoms with Crippen molar-refractivity contribution in [1.82, 2.24) is 30.0 Å². The summed E-state index contributed by atoms with van der Waals surface area (Å²) in [7, 11) is 1.96. The number of hydrogen-bond donors (Lipinski definition) is 1. The molecule has 9 heteroatoms. The first-order chi connectivity index (χ1) is 13.8. The summed E-state index contributed by atoms with van der Waals surface area (Å²) in [4.78, 5) is 38.1. The number of fused-ring (bicyclic) bond motifs is 1. The highest BCUT2D eigenvalue weighted by atomic mass is 16.2. The Morgan fingerprint density at radius 1 is 1.31 bits per heavy atom. The highest BCUT2D eigenvalue weighted by molar-refractivity contribution is 6.01. The van der Waals surface area contributed by atoms with Crippen LogP contribution >= 0.6 is 0 Å². The van der Waals surface area contributed by atoms with Crippen LogP contribution in [-0.2, 0) is 4.79 Å². The zero-order valence-corrected chi connectivity index (χ0v) is 17.3. The topological polar surface area (TPSA) is 96.2 Å². The van der Waals surface area contributed by atoms with Gasteiger partial charge in [0.2, 0.25) is 5.91 Å². The quantitative estimate of drug-likeness (QED) is 0.842. The van der Waals surface area contributed by atoms with Crippen molar-refractivity contribution in [1.29, 1.82) is 0 Å². The van der Waals surface area contributed by atoms with Gasteiger partial charge in [0.1, 0.15) is 23.1 Å². The van der Waals surface area contributed by atoms with Crippen molar-refractivity contribution in [2.24, 2.45) is 0 Å². The van der Waals surface area contributed by atoms with E-state index in [1.54, 1.807) is 18.3 Å². The number of rotatable bonds is 3. The van der Waals surface area contributed by atoms with Crippen molar-refractivity contribution in [3.8, 4) is 0 Å². The molecule has 2 amide bonds. The van der Waals surface area contributed by atoms with Gasteiger partial charge in [0, 0.05) is 45.6 Å². The van der Waals surface area contributed by atoms with E-state index >= 15 is 0 Å². The fraction of sp³-hybridized carbons (Fsp3) is 0.550. The molecule has 0 radical (unpaired) electrons. The maximum Gasteiger partial charge on any atom is 0.256 e.